The number of rotatable bonds is 7. The summed E-state index contributed by atoms with van der Waals surface area (Å²) in [6, 6.07) is 16.5. The van der Waals surface area contributed by atoms with E-state index in [4.69, 9.17) is 4.74 Å². The standard InChI is InChI=1S/C22H23N3O4S/c1-16-9-10-19(29-3)14-21(16)25(30(27,28)20-7-5-4-6-8-20)15-22(26)24-18-11-12-23-17(2)13-18/h4-14H,15H2,1-3H3,(H,23,24,26). The molecule has 0 unspecified atom stereocenters. The number of aromatic nitrogens is 1. The minimum atomic E-state index is -3.99. The molecule has 1 aromatic heterocycles. The lowest BCUT2D eigenvalue weighted by Crippen LogP contribution is -2.38. The maximum Gasteiger partial charge on any atom is 0.264 e. The number of anilines is 2. The summed E-state index contributed by atoms with van der Waals surface area (Å²) in [6.45, 7) is 3.19. The number of aryl methyl sites for hydroxylation is 2. The van der Waals surface area contributed by atoms with Crippen LogP contribution in [-0.4, -0.2) is 33.0 Å². The van der Waals surface area contributed by atoms with Crippen molar-refractivity contribution in [3.63, 3.8) is 0 Å². The van der Waals surface area contributed by atoms with Gasteiger partial charge in [0.15, 0.2) is 0 Å². The van der Waals surface area contributed by atoms with Crippen LogP contribution in [0.5, 0.6) is 5.75 Å². The van der Waals surface area contributed by atoms with E-state index in [1.54, 1.807) is 68.6 Å². The third kappa shape index (κ3) is 4.77. The van der Waals surface area contributed by atoms with E-state index in [1.807, 2.05) is 0 Å². The van der Waals surface area contributed by atoms with Gasteiger partial charge in [-0.1, -0.05) is 24.3 Å². The zero-order valence-corrected chi connectivity index (χ0v) is 17.8. The monoisotopic (exact) mass is 425 g/mol. The maximum atomic E-state index is 13.4. The quantitative estimate of drug-likeness (QED) is 0.625. The highest BCUT2D eigenvalue weighted by Gasteiger charge is 2.28. The topological polar surface area (TPSA) is 88.6 Å². The molecule has 1 N–H and O–H groups in total. The van der Waals surface area contributed by atoms with Crippen LogP contribution < -0.4 is 14.4 Å². The van der Waals surface area contributed by atoms with Crippen molar-refractivity contribution in [1.29, 1.82) is 0 Å². The lowest BCUT2D eigenvalue weighted by atomic mass is 10.2. The van der Waals surface area contributed by atoms with E-state index in [0.717, 1.165) is 10.00 Å². The van der Waals surface area contributed by atoms with Crippen LogP contribution in [0.1, 0.15) is 11.3 Å². The zero-order chi connectivity index (χ0) is 21.7. The molecule has 30 heavy (non-hydrogen) atoms. The molecule has 0 atom stereocenters. The Morgan fingerprint density at radius 2 is 1.80 bits per heavy atom. The van der Waals surface area contributed by atoms with E-state index in [9.17, 15) is 13.2 Å². The number of ether oxygens (including phenoxy) is 1. The first kappa shape index (κ1) is 21.3. The fraction of sp³-hybridized carbons (Fsp3) is 0.182. The van der Waals surface area contributed by atoms with Gasteiger partial charge in [-0.15, -0.1) is 0 Å². The highest BCUT2D eigenvalue weighted by Crippen LogP contribution is 2.30. The normalized spacial score (nSPS) is 11.0. The molecule has 0 aliphatic heterocycles. The summed E-state index contributed by atoms with van der Waals surface area (Å²) < 4.78 is 33.2. The van der Waals surface area contributed by atoms with E-state index >= 15 is 0 Å². The largest absolute Gasteiger partial charge is 0.497 e. The second-order valence-electron chi connectivity index (χ2n) is 6.71. The number of carbonyl (C=O) groups excluding carboxylic acids is 1. The van der Waals surface area contributed by atoms with Crippen molar-refractivity contribution in [1.82, 2.24) is 4.98 Å². The maximum absolute atomic E-state index is 13.4. The highest BCUT2D eigenvalue weighted by atomic mass is 32.2. The van der Waals surface area contributed by atoms with Gasteiger partial charge >= 0.3 is 0 Å². The van der Waals surface area contributed by atoms with Crippen LogP contribution in [0, 0.1) is 13.8 Å². The molecule has 8 heteroatoms. The van der Waals surface area contributed by atoms with E-state index in [-0.39, 0.29) is 4.90 Å². The second kappa shape index (κ2) is 8.96. The number of hydrogen-bond acceptors (Lipinski definition) is 5. The van der Waals surface area contributed by atoms with Gasteiger partial charge in [-0.3, -0.25) is 14.1 Å². The average molecular weight is 426 g/mol. The molecule has 0 bridgehead atoms. The molecule has 0 aliphatic rings. The molecule has 3 aromatic rings. The fourth-order valence-electron chi connectivity index (χ4n) is 2.96. The summed E-state index contributed by atoms with van der Waals surface area (Å²) in [6.07, 6.45) is 1.58. The van der Waals surface area contributed by atoms with Gasteiger partial charge in [0.2, 0.25) is 5.91 Å². The fourth-order valence-corrected chi connectivity index (χ4v) is 4.46. The molecule has 0 saturated heterocycles. The molecule has 2 aromatic carbocycles. The van der Waals surface area contributed by atoms with Crippen molar-refractivity contribution in [2.75, 3.05) is 23.3 Å². The van der Waals surface area contributed by atoms with Crippen molar-refractivity contribution in [3.8, 4) is 5.75 Å². The smallest absolute Gasteiger partial charge is 0.264 e. The van der Waals surface area contributed by atoms with Crippen molar-refractivity contribution >= 4 is 27.3 Å². The summed E-state index contributed by atoms with van der Waals surface area (Å²) in [5, 5.41) is 2.74. The molecule has 0 aliphatic carbocycles. The first-order valence-corrected chi connectivity index (χ1v) is 10.7. The summed E-state index contributed by atoms with van der Waals surface area (Å²) >= 11 is 0. The van der Waals surface area contributed by atoms with Gasteiger partial charge in [-0.2, -0.15) is 0 Å². The summed E-state index contributed by atoms with van der Waals surface area (Å²) in [5.74, 6) is 0.0244. The number of nitrogens with one attached hydrogen (secondary N) is 1. The summed E-state index contributed by atoms with van der Waals surface area (Å²) in [4.78, 5) is 17.0. The molecule has 0 fully saturated rings. The molecule has 7 nitrogen and oxygen atoms in total. The summed E-state index contributed by atoms with van der Waals surface area (Å²) in [7, 11) is -2.49. The molecular formula is C22H23N3O4S. The number of sulfonamides is 1. The minimum Gasteiger partial charge on any atom is -0.497 e. The Bertz CT molecular complexity index is 1150. The van der Waals surface area contributed by atoms with E-state index in [0.29, 0.717) is 22.7 Å². The van der Waals surface area contributed by atoms with Crippen molar-refractivity contribution in [2.24, 2.45) is 0 Å². The molecule has 0 saturated carbocycles. The Labute approximate surface area is 176 Å². The predicted octanol–water partition coefficient (Wildman–Crippen LogP) is 3.54. The Morgan fingerprint density at radius 3 is 2.47 bits per heavy atom. The Morgan fingerprint density at radius 1 is 1.07 bits per heavy atom. The van der Waals surface area contributed by atoms with Gasteiger partial charge in [0.05, 0.1) is 17.7 Å². The number of carbonyl (C=O) groups is 1. The van der Waals surface area contributed by atoms with E-state index in [2.05, 4.69) is 10.3 Å². The van der Waals surface area contributed by atoms with Gasteiger partial charge in [-0.25, -0.2) is 8.42 Å². The lowest BCUT2D eigenvalue weighted by molar-refractivity contribution is -0.114. The van der Waals surface area contributed by atoms with Crippen LogP contribution in [-0.2, 0) is 14.8 Å². The molecule has 156 valence electrons. The van der Waals surface area contributed by atoms with Gasteiger partial charge in [-0.05, 0) is 49.7 Å². The van der Waals surface area contributed by atoms with Gasteiger partial charge in [0.1, 0.15) is 12.3 Å². The third-order valence-electron chi connectivity index (χ3n) is 4.48. The average Bonchev–Trinajstić information content (AvgIpc) is 2.73. The van der Waals surface area contributed by atoms with Crippen LogP contribution >= 0.6 is 0 Å². The van der Waals surface area contributed by atoms with E-state index in [1.165, 1.54) is 19.2 Å². The minimum absolute atomic E-state index is 0.0970. The van der Waals surface area contributed by atoms with Crippen LogP contribution in [0.15, 0.2) is 71.8 Å². The van der Waals surface area contributed by atoms with Crippen LogP contribution in [0.3, 0.4) is 0 Å². The number of amides is 1. The Hall–Kier alpha value is -3.39. The summed E-state index contributed by atoms with van der Waals surface area (Å²) in [5.41, 5.74) is 2.36. The van der Waals surface area contributed by atoms with Gasteiger partial charge in [0.25, 0.3) is 10.0 Å². The highest BCUT2D eigenvalue weighted by molar-refractivity contribution is 7.92. The third-order valence-corrected chi connectivity index (χ3v) is 6.26. The second-order valence-corrected chi connectivity index (χ2v) is 8.57. The molecular weight excluding hydrogens is 402 g/mol. The predicted molar refractivity (Wildman–Crippen MR) is 116 cm³/mol. The molecule has 3 rings (SSSR count). The number of methoxy groups -OCH3 is 1. The van der Waals surface area contributed by atoms with Crippen molar-refractivity contribution < 1.29 is 17.9 Å². The molecule has 0 spiro atoms. The Kier molecular flexibility index (Phi) is 6.37. The number of benzene rings is 2. The SMILES string of the molecule is COc1ccc(C)c(N(CC(=O)Nc2ccnc(C)c2)S(=O)(=O)c2ccccc2)c1. The van der Waals surface area contributed by atoms with Crippen LogP contribution in [0.2, 0.25) is 0 Å². The Balaban J connectivity index is 2.01. The van der Waals surface area contributed by atoms with Crippen LogP contribution in [0.25, 0.3) is 0 Å². The van der Waals surface area contributed by atoms with Crippen LogP contribution in [0.4, 0.5) is 11.4 Å². The first-order chi connectivity index (χ1) is 14.3. The first-order valence-electron chi connectivity index (χ1n) is 9.26. The number of hydrogen-bond donors (Lipinski definition) is 1. The van der Waals surface area contributed by atoms with Crippen molar-refractivity contribution in [3.05, 3.63) is 78.1 Å². The van der Waals surface area contributed by atoms with E-state index < -0.39 is 22.5 Å². The zero-order valence-electron chi connectivity index (χ0n) is 17.0. The number of nitrogens with zero attached hydrogens (tertiary/aromatic N) is 2. The molecule has 1 amide bonds. The van der Waals surface area contributed by atoms with Crippen molar-refractivity contribution in [2.45, 2.75) is 18.7 Å². The van der Waals surface area contributed by atoms with Gasteiger partial charge in [0, 0.05) is 23.6 Å². The lowest BCUT2D eigenvalue weighted by Gasteiger charge is -2.26. The number of pyridine rings is 1. The molecule has 1 heterocycles. The van der Waals surface area contributed by atoms with Gasteiger partial charge < -0.3 is 10.1 Å². The molecule has 0 radical (unpaired) electrons.